The van der Waals surface area contributed by atoms with Crippen molar-refractivity contribution in [2.24, 2.45) is 0 Å². The molecular formula is C33H43N3O3. The van der Waals surface area contributed by atoms with Crippen LogP contribution in [0.1, 0.15) is 91.6 Å². The van der Waals surface area contributed by atoms with Crippen LogP contribution in [0.3, 0.4) is 0 Å². The summed E-state index contributed by atoms with van der Waals surface area (Å²) in [5.41, 5.74) is 4.83. The first kappa shape index (κ1) is 26.4. The molecule has 3 heterocycles. The number of hydrogen-bond acceptors (Lipinski definition) is 4. The first-order valence-electron chi connectivity index (χ1n) is 15.3. The van der Waals surface area contributed by atoms with E-state index in [2.05, 4.69) is 41.7 Å². The summed E-state index contributed by atoms with van der Waals surface area (Å²) in [7, 11) is 0. The average molecular weight is 530 g/mol. The second-order valence-electron chi connectivity index (χ2n) is 12.1. The molecule has 1 N–H and O–H groups in total. The molecule has 1 saturated carbocycles. The van der Waals surface area contributed by atoms with Crippen LogP contribution in [0.25, 0.3) is 0 Å². The molecule has 2 amide bonds. The monoisotopic (exact) mass is 529 g/mol. The maximum Gasteiger partial charge on any atom is 0.253 e. The Morgan fingerprint density at radius 3 is 2.05 bits per heavy atom. The number of hydrogen-bond donors (Lipinski definition) is 1. The number of piperazine rings is 1. The van der Waals surface area contributed by atoms with Gasteiger partial charge in [0.15, 0.2) is 0 Å². The van der Waals surface area contributed by atoms with Crippen molar-refractivity contribution in [3.8, 4) is 0 Å². The number of carbonyl (C=O) groups excluding carboxylic acids is 2. The van der Waals surface area contributed by atoms with Gasteiger partial charge in [-0.25, -0.2) is 0 Å². The molecule has 0 bridgehead atoms. The number of nitrogens with one attached hydrogen (secondary N) is 1. The van der Waals surface area contributed by atoms with Crippen LogP contribution in [0.15, 0.2) is 48.5 Å². The van der Waals surface area contributed by atoms with Crippen molar-refractivity contribution in [2.45, 2.75) is 88.2 Å². The van der Waals surface area contributed by atoms with Crippen LogP contribution >= 0.6 is 0 Å². The summed E-state index contributed by atoms with van der Waals surface area (Å²) in [6.45, 7) is 2.99. The lowest BCUT2D eigenvalue weighted by Gasteiger charge is -2.47. The fourth-order valence-corrected chi connectivity index (χ4v) is 7.20. The third kappa shape index (κ3) is 5.58. The maximum atomic E-state index is 13.4. The van der Waals surface area contributed by atoms with E-state index >= 15 is 0 Å². The predicted molar refractivity (Wildman–Crippen MR) is 154 cm³/mol. The minimum Gasteiger partial charge on any atom is -0.379 e. The lowest BCUT2D eigenvalue weighted by molar-refractivity contribution is -0.157. The number of ether oxygens (including phenoxy) is 1. The molecule has 1 aliphatic carbocycles. The molecule has 3 aliphatic heterocycles. The molecule has 2 aromatic carbocycles. The first-order valence-corrected chi connectivity index (χ1v) is 15.3. The van der Waals surface area contributed by atoms with Gasteiger partial charge in [-0.1, -0.05) is 75.3 Å². The van der Waals surface area contributed by atoms with Crippen molar-refractivity contribution < 1.29 is 14.3 Å². The van der Waals surface area contributed by atoms with Crippen molar-refractivity contribution in [1.29, 1.82) is 0 Å². The average Bonchev–Trinajstić information content (AvgIpc) is 2.95. The molecular weight excluding hydrogens is 486 g/mol. The lowest BCUT2D eigenvalue weighted by atomic mass is 9.67. The largest absolute Gasteiger partial charge is 0.379 e. The highest BCUT2D eigenvalue weighted by molar-refractivity contribution is 5.94. The topological polar surface area (TPSA) is 61.9 Å². The van der Waals surface area contributed by atoms with Crippen LogP contribution in [0.5, 0.6) is 0 Å². The normalized spacial score (nSPS) is 25.2. The van der Waals surface area contributed by atoms with Crippen LogP contribution in [0, 0.1) is 0 Å². The number of fused-ring (bicyclic) bond motifs is 1. The van der Waals surface area contributed by atoms with Crippen molar-refractivity contribution in [3.63, 3.8) is 0 Å². The fraction of sp³-hybridized carbons (Fsp3) is 0.576. The minimum atomic E-state index is -0.268. The molecule has 2 aromatic rings. The first-order chi connectivity index (χ1) is 19.1. The van der Waals surface area contributed by atoms with Gasteiger partial charge in [-0.15, -0.1) is 0 Å². The van der Waals surface area contributed by atoms with E-state index < -0.39 is 0 Å². The van der Waals surface area contributed by atoms with Crippen LogP contribution in [-0.4, -0.2) is 66.0 Å². The summed E-state index contributed by atoms with van der Waals surface area (Å²) >= 11 is 0. The summed E-state index contributed by atoms with van der Waals surface area (Å²) < 4.78 is 5.36. The number of rotatable bonds is 3. The molecule has 208 valence electrons. The van der Waals surface area contributed by atoms with Gasteiger partial charge in [-0.05, 0) is 48.6 Å². The molecule has 6 nitrogen and oxygen atoms in total. The molecule has 0 aromatic heterocycles. The molecule has 2 unspecified atom stereocenters. The second kappa shape index (κ2) is 11.7. The van der Waals surface area contributed by atoms with E-state index in [0.29, 0.717) is 38.7 Å². The quantitative estimate of drug-likeness (QED) is 0.548. The van der Waals surface area contributed by atoms with Crippen LogP contribution in [-0.2, 0) is 16.0 Å². The molecule has 1 spiro atoms. The van der Waals surface area contributed by atoms with E-state index in [1.807, 2.05) is 21.9 Å². The standard InChI is InChI=1S/C33H43N3O3/c37-31(35-19-21-36(22-20-35)32(38)30-16-23-39-30)26-14-12-25(13-15-26)28-24-27-10-6-7-11-29(27)34-33(28)17-8-4-2-1-3-5-9-18-33/h6-7,10-15,28,30,34H,1-5,8-9,16-24H2. The van der Waals surface area contributed by atoms with Crippen LogP contribution in [0.4, 0.5) is 5.69 Å². The summed E-state index contributed by atoms with van der Waals surface area (Å²) in [5, 5.41) is 4.08. The molecule has 2 atom stereocenters. The molecule has 6 heteroatoms. The number of benzene rings is 2. The third-order valence-corrected chi connectivity index (χ3v) is 9.65. The van der Waals surface area contributed by atoms with Crippen molar-refractivity contribution >= 4 is 17.5 Å². The number of para-hydroxylation sites is 1. The smallest absolute Gasteiger partial charge is 0.253 e. The van der Waals surface area contributed by atoms with E-state index in [1.165, 1.54) is 74.6 Å². The Labute approximate surface area is 233 Å². The second-order valence-corrected chi connectivity index (χ2v) is 12.1. The van der Waals surface area contributed by atoms with Gasteiger partial charge in [-0.2, -0.15) is 0 Å². The summed E-state index contributed by atoms with van der Waals surface area (Å²) in [6, 6.07) is 17.3. The number of carbonyl (C=O) groups is 2. The summed E-state index contributed by atoms with van der Waals surface area (Å²) in [6.07, 6.45) is 13.2. The Morgan fingerprint density at radius 2 is 1.41 bits per heavy atom. The van der Waals surface area contributed by atoms with Gasteiger partial charge in [-0.3, -0.25) is 9.59 Å². The van der Waals surface area contributed by atoms with Crippen LogP contribution in [0.2, 0.25) is 0 Å². The molecule has 2 saturated heterocycles. The highest BCUT2D eigenvalue weighted by Crippen LogP contribution is 2.47. The highest BCUT2D eigenvalue weighted by Gasteiger charge is 2.42. The summed E-state index contributed by atoms with van der Waals surface area (Å²) in [5.74, 6) is 0.531. The highest BCUT2D eigenvalue weighted by atomic mass is 16.5. The van der Waals surface area contributed by atoms with Crippen molar-refractivity contribution in [2.75, 3.05) is 38.1 Å². The van der Waals surface area contributed by atoms with E-state index in [0.717, 1.165) is 18.4 Å². The van der Waals surface area contributed by atoms with Crippen molar-refractivity contribution in [3.05, 3.63) is 65.2 Å². The van der Waals surface area contributed by atoms with Gasteiger partial charge in [0.2, 0.25) is 0 Å². The van der Waals surface area contributed by atoms with E-state index in [1.54, 1.807) is 0 Å². The zero-order valence-corrected chi connectivity index (χ0v) is 23.2. The lowest BCUT2D eigenvalue weighted by Crippen LogP contribution is -2.54. The van der Waals surface area contributed by atoms with Gasteiger partial charge < -0.3 is 19.9 Å². The zero-order valence-electron chi connectivity index (χ0n) is 23.2. The molecule has 6 rings (SSSR count). The molecule has 4 aliphatic rings. The molecule has 39 heavy (non-hydrogen) atoms. The minimum absolute atomic E-state index is 0.0598. The van der Waals surface area contributed by atoms with Gasteiger partial charge >= 0.3 is 0 Å². The van der Waals surface area contributed by atoms with Gasteiger partial charge in [0.25, 0.3) is 11.8 Å². The van der Waals surface area contributed by atoms with Crippen LogP contribution < -0.4 is 5.32 Å². The number of nitrogens with zero attached hydrogens (tertiary/aromatic N) is 2. The Bertz CT molecular complexity index is 1140. The Morgan fingerprint density at radius 1 is 0.795 bits per heavy atom. The maximum absolute atomic E-state index is 13.4. The van der Waals surface area contributed by atoms with E-state index in [9.17, 15) is 9.59 Å². The zero-order chi connectivity index (χ0) is 26.7. The molecule has 0 radical (unpaired) electrons. The van der Waals surface area contributed by atoms with Gasteiger partial charge in [0.1, 0.15) is 6.10 Å². The Balaban J connectivity index is 1.18. The Hall–Kier alpha value is -2.86. The van der Waals surface area contributed by atoms with E-state index in [-0.39, 0.29) is 23.5 Å². The van der Waals surface area contributed by atoms with E-state index in [4.69, 9.17) is 4.74 Å². The number of anilines is 1. The predicted octanol–water partition coefficient (Wildman–Crippen LogP) is 5.78. The SMILES string of the molecule is O=C(c1ccc(C2Cc3ccccc3NC23CCCCCCCCC3)cc1)N1CCN(C(=O)C2CCO2)CC1. The molecule has 3 fully saturated rings. The Kier molecular flexibility index (Phi) is 7.92. The van der Waals surface area contributed by atoms with Crippen molar-refractivity contribution in [1.82, 2.24) is 9.80 Å². The number of amides is 2. The third-order valence-electron chi connectivity index (χ3n) is 9.65. The van der Waals surface area contributed by atoms with Gasteiger partial charge in [0.05, 0.1) is 6.61 Å². The van der Waals surface area contributed by atoms with Gasteiger partial charge in [0, 0.05) is 55.3 Å². The summed E-state index contributed by atoms with van der Waals surface area (Å²) in [4.78, 5) is 29.6. The fourth-order valence-electron chi connectivity index (χ4n) is 7.20.